The van der Waals surface area contributed by atoms with Gasteiger partial charge in [0.15, 0.2) is 6.04 Å². The van der Waals surface area contributed by atoms with Crippen LogP contribution in [-0.2, 0) is 4.79 Å². The number of rotatable bonds is 6. The van der Waals surface area contributed by atoms with E-state index in [0.29, 0.717) is 9.37 Å². The zero-order chi connectivity index (χ0) is 18.5. The van der Waals surface area contributed by atoms with Crippen molar-refractivity contribution in [3.63, 3.8) is 0 Å². The first kappa shape index (κ1) is 20.5. The van der Waals surface area contributed by atoms with E-state index < -0.39 is 30.7 Å². The molecule has 0 fully saturated rings. The lowest BCUT2D eigenvalue weighted by atomic mass is 10.00. The second-order valence-corrected chi connectivity index (χ2v) is 6.77. The maximum atomic E-state index is 13.6. The molecule has 24 heavy (non-hydrogen) atoms. The molecule has 0 radical (unpaired) electrons. The summed E-state index contributed by atoms with van der Waals surface area (Å²) in [6.45, 7) is 2.94. The van der Waals surface area contributed by atoms with Gasteiger partial charge in [0.25, 0.3) is 0 Å². The Morgan fingerprint density at radius 1 is 1.33 bits per heavy atom. The van der Waals surface area contributed by atoms with Crippen LogP contribution >= 0.6 is 15.9 Å². The highest BCUT2D eigenvalue weighted by atomic mass is 79.9. The number of halogens is 4. The van der Waals surface area contributed by atoms with Gasteiger partial charge in [0.05, 0.1) is 12.1 Å². The summed E-state index contributed by atoms with van der Waals surface area (Å²) in [5, 5.41) is 8.90. The van der Waals surface area contributed by atoms with Crippen molar-refractivity contribution in [1.29, 1.82) is 5.26 Å². The van der Waals surface area contributed by atoms with Gasteiger partial charge < -0.3 is 10.6 Å². The SMILES string of the molecule is CC(C)C[C@@H](N)C(=O)N(CC#N)C(c1ccc(Br)cc1)C(F)(F)F. The Bertz CT molecular complexity index is 596. The normalized spacial score (nSPS) is 14.1. The summed E-state index contributed by atoms with van der Waals surface area (Å²) in [4.78, 5) is 12.9. The molecule has 0 heterocycles. The fourth-order valence-electron chi connectivity index (χ4n) is 2.39. The molecule has 0 aromatic heterocycles. The Labute approximate surface area is 147 Å². The van der Waals surface area contributed by atoms with E-state index >= 15 is 0 Å². The summed E-state index contributed by atoms with van der Waals surface area (Å²) in [7, 11) is 0. The molecule has 132 valence electrons. The minimum absolute atomic E-state index is 0.0462. The van der Waals surface area contributed by atoms with Crippen LogP contribution in [0.5, 0.6) is 0 Å². The molecular weight excluding hydrogens is 387 g/mol. The first-order chi connectivity index (χ1) is 11.1. The molecule has 0 aliphatic heterocycles. The number of carbonyl (C=O) groups is 1. The van der Waals surface area contributed by atoms with Gasteiger partial charge in [-0.1, -0.05) is 41.9 Å². The molecular formula is C16H19BrF3N3O. The standard InChI is InChI=1S/C16H19BrF3N3O/c1-10(2)9-13(22)15(24)23(8-7-21)14(16(18,19)20)11-3-5-12(17)6-4-11/h3-6,10,13-14H,8-9,22H2,1-2H3/t13-,14?/m1/s1. The number of benzene rings is 1. The van der Waals surface area contributed by atoms with Gasteiger partial charge in [0, 0.05) is 4.47 Å². The van der Waals surface area contributed by atoms with Crippen LogP contribution in [0, 0.1) is 17.2 Å². The van der Waals surface area contributed by atoms with E-state index in [9.17, 15) is 18.0 Å². The van der Waals surface area contributed by atoms with E-state index in [0.717, 1.165) is 0 Å². The summed E-state index contributed by atoms with van der Waals surface area (Å²) < 4.78 is 41.4. The molecule has 8 heteroatoms. The molecule has 0 aliphatic rings. The lowest BCUT2D eigenvalue weighted by Gasteiger charge is -2.33. The van der Waals surface area contributed by atoms with Crippen molar-refractivity contribution in [2.24, 2.45) is 11.7 Å². The second-order valence-electron chi connectivity index (χ2n) is 5.86. The quantitative estimate of drug-likeness (QED) is 0.732. The molecule has 2 atom stereocenters. The molecule has 0 aliphatic carbocycles. The molecule has 0 spiro atoms. The first-order valence-corrected chi connectivity index (χ1v) is 8.12. The van der Waals surface area contributed by atoms with Gasteiger partial charge in [-0.3, -0.25) is 4.79 Å². The molecule has 1 aromatic rings. The summed E-state index contributed by atoms with van der Waals surface area (Å²) in [5.74, 6) is -0.833. The van der Waals surface area contributed by atoms with Crippen molar-refractivity contribution >= 4 is 21.8 Å². The third kappa shape index (κ3) is 5.49. The maximum absolute atomic E-state index is 13.6. The smallest absolute Gasteiger partial charge is 0.320 e. The number of amides is 1. The van der Waals surface area contributed by atoms with E-state index in [1.165, 1.54) is 24.3 Å². The summed E-state index contributed by atoms with van der Waals surface area (Å²) in [6, 6.07) is 3.79. The number of hydrogen-bond donors (Lipinski definition) is 1. The Hall–Kier alpha value is -1.59. The van der Waals surface area contributed by atoms with Crippen molar-refractivity contribution < 1.29 is 18.0 Å². The largest absolute Gasteiger partial charge is 0.413 e. The van der Waals surface area contributed by atoms with Crippen LogP contribution in [0.2, 0.25) is 0 Å². The van der Waals surface area contributed by atoms with E-state index in [4.69, 9.17) is 11.0 Å². The van der Waals surface area contributed by atoms with Crippen molar-refractivity contribution in [3.8, 4) is 6.07 Å². The van der Waals surface area contributed by atoms with Crippen molar-refractivity contribution in [2.45, 2.75) is 38.5 Å². The summed E-state index contributed by atoms with van der Waals surface area (Å²) in [6.07, 6.45) is -4.48. The minimum Gasteiger partial charge on any atom is -0.320 e. The fraction of sp³-hybridized carbons (Fsp3) is 0.500. The van der Waals surface area contributed by atoms with Crippen LogP contribution in [0.1, 0.15) is 31.9 Å². The van der Waals surface area contributed by atoms with Gasteiger partial charge in [-0.05, 0) is 30.0 Å². The van der Waals surface area contributed by atoms with Crippen LogP contribution in [0.4, 0.5) is 13.2 Å². The molecule has 0 saturated heterocycles. The molecule has 0 bridgehead atoms. The average Bonchev–Trinajstić information content (AvgIpc) is 2.46. The Kier molecular flexibility index (Phi) is 7.24. The number of carbonyl (C=O) groups excluding carboxylic acids is 1. The highest BCUT2D eigenvalue weighted by molar-refractivity contribution is 9.10. The van der Waals surface area contributed by atoms with Gasteiger partial charge in [-0.25, -0.2) is 0 Å². The zero-order valence-corrected chi connectivity index (χ0v) is 14.9. The monoisotopic (exact) mass is 405 g/mol. The van der Waals surface area contributed by atoms with Gasteiger partial charge in [-0.2, -0.15) is 18.4 Å². The van der Waals surface area contributed by atoms with E-state index in [2.05, 4.69) is 15.9 Å². The summed E-state index contributed by atoms with van der Waals surface area (Å²) >= 11 is 3.16. The topological polar surface area (TPSA) is 70.1 Å². The first-order valence-electron chi connectivity index (χ1n) is 7.33. The second kappa shape index (κ2) is 8.49. The number of nitriles is 1. The van der Waals surface area contributed by atoms with Crippen LogP contribution in [0.3, 0.4) is 0 Å². The molecule has 1 amide bonds. The Morgan fingerprint density at radius 2 is 1.88 bits per heavy atom. The van der Waals surface area contributed by atoms with E-state index in [1.54, 1.807) is 6.07 Å². The predicted molar refractivity (Wildman–Crippen MR) is 87.7 cm³/mol. The average molecular weight is 406 g/mol. The highest BCUT2D eigenvalue weighted by Crippen LogP contribution is 2.38. The van der Waals surface area contributed by atoms with Gasteiger partial charge >= 0.3 is 6.18 Å². The molecule has 0 saturated carbocycles. The Balaban J connectivity index is 3.26. The number of nitrogens with zero attached hydrogens (tertiary/aromatic N) is 2. The van der Waals surface area contributed by atoms with E-state index in [-0.39, 0.29) is 17.9 Å². The molecule has 1 unspecified atom stereocenters. The number of nitrogens with two attached hydrogens (primary N) is 1. The van der Waals surface area contributed by atoms with Gasteiger partial charge in [-0.15, -0.1) is 0 Å². The van der Waals surface area contributed by atoms with Crippen LogP contribution in [0.15, 0.2) is 28.7 Å². The molecule has 1 aromatic carbocycles. The molecule has 4 nitrogen and oxygen atoms in total. The third-order valence-electron chi connectivity index (χ3n) is 3.37. The van der Waals surface area contributed by atoms with Crippen LogP contribution in [0.25, 0.3) is 0 Å². The summed E-state index contributed by atoms with van der Waals surface area (Å²) in [5.41, 5.74) is 5.64. The lowest BCUT2D eigenvalue weighted by Crippen LogP contribution is -2.49. The minimum atomic E-state index is -4.72. The number of alkyl halides is 3. The highest BCUT2D eigenvalue weighted by Gasteiger charge is 2.47. The van der Waals surface area contributed by atoms with Crippen molar-refractivity contribution in [2.75, 3.05) is 6.54 Å². The van der Waals surface area contributed by atoms with Gasteiger partial charge in [0.1, 0.15) is 6.54 Å². The lowest BCUT2D eigenvalue weighted by molar-refractivity contribution is -0.191. The van der Waals surface area contributed by atoms with Gasteiger partial charge in [0.2, 0.25) is 5.91 Å². The number of hydrogen-bond acceptors (Lipinski definition) is 3. The van der Waals surface area contributed by atoms with Crippen LogP contribution < -0.4 is 5.73 Å². The predicted octanol–water partition coefficient (Wildman–Crippen LogP) is 3.78. The molecule has 1 rings (SSSR count). The maximum Gasteiger partial charge on any atom is 0.413 e. The Morgan fingerprint density at radius 3 is 2.29 bits per heavy atom. The molecule has 2 N–H and O–H groups in total. The van der Waals surface area contributed by atoms with E-state index in [1.807, 2.05) is 13.8 Å². The zero-order valence-electron chi connectivity index (χ0n) is 13.3. The van der Waals surface area contributed by atoms with Crippen LogP contribution in [-0.4, -0.2) is 29.6 Å². The van der Waals surface area contributed by atoms with Crippen molar-refractivity contribution in [1.82, 2.24) is 4.90 Å². The fourth-order valence-corrected chi connectivity index (χ4v) is 2.65. The third-order valence-corrected chi connectivity index (χ3v) is 3.90. The van der Waals surface area contributed by atoms with Crippen molar-refractivity contribution in [3.05, 3.63) is 34.3 Å².